The van der Waals surface area contributed by atoms with Crippen LogP contribution in [0.3, 0.4) is 0 Å². The average Bonchev–Trinajstić information content (AvgIpc) is 2.72. The molecule has 0 saturated carbocycles. The van der Waals surface area contributed by atoms with Gasteiger partial charge in [0, 0.05) is 30.6 Å². The molecule has 0 radical (unpaired) electrons. The zero-order valence-electron chi connectivity index (χ0n) is 16.8. The molecule has 0 fully saturated rings. The van der Waals surface area contributed by atoms with Gasteiger partial charge in [0.25, 0.3) is 0 Å². The van der Waals surface area contributed by atoms with Crippen LogP contribution in [0.1, 0.15) is 42.0 Å². The molecular weight excluding hydrogens is 425 g/mol. The molecule has 2 amide bonds. The smallest absolute Gasteiger partial charge is 0.305 e. The Morgan fingerprint density at radius 1 is 1.06 bits per heavy atom. The van der Waals surface area contributed by atoms with E-state index in [9.17, 15) is 18.8 Å². The Labute approximate surface area is 185 Å². The maximum Gasteiger partial charge on any atom is 0.305 e. The number of carboxylic acid groups (broad SMARTS) is 1. The SMILES string of the molecule is Cl.O=C(O)CC(NC(=O)CCC(=O)Nc1ccc2c(c1)CNCC2)c1ccccc1F. The van der Waals surface area contributed by atoms with Crippen molar-refractivity contribution in [2.24, 2.45) is 0 Å². The van der Waals surface area contributed by atoms with Crippen molar-refractivity contribution in [3.8, 4) is 0 Å². The number of carbonyl (C=O) groups is 3. The van der Waals surface area contributed by atoms with Gasteiger partial charge in [0.2, 0.25) is 11.8 Å². The molecule has 3 rings (SSSR count). The van der Waals surface area contributed by atoms with Gasteiger partial charge in [-0.2, -0.15) is 0 Å². The van der Waals surface area contributed by atoms with Gasteiger partial charge < -0.3 is 21.1 Å². The number of rotatable bonds is 8. The lowest BCUT2D eigenvalue weighted by atomic mass is 10.0. The molecule has 9 heteroatoms. The van der Waals surface area contributed by atoms with E-state index in [1.54, 1.807) is 6.07 Å². The van der Waals surface area contributed by atoms with Gasteiger partial charge in [0.15, 0.2) is 0 Å². The number of anilines is 1. The Morgan fingerprint density at radius 2 is 1.81 bits per heavy atom. The quantitative estimate of drug-likeness (QED) is 0.495. The lowest BCUT2D eigenvalue weighted by Crippen LogP contribution is -2.31. The number of nitrogens with one attached hydrogen (secondary N) is 3. The van der Waals surface area contributed by atoms with Crippen molar-refractivity contribution in [3.05, 3.63) is 65.0 Å². The fraction of sp³-hybridized carbons (Fsp3) is 0.318. The number of carbonyl (C=O) groups excluding carboxylic acids is 2. The maximum absolute atomic E-state index is 14.0. The van der Waals surface area contributed by atoms with Crippen LogP contribution < -0.4 is 16.0 Å². The van der Waals surface area contributed by atoms with E-state index >= 15 is 0 Å². The summed E-state index contributed by atoms with van der Waals surface area (Å²) >= 11 is 0. The number of hydrogen-bond donors (Lipinski definition) is 4. The molecule has 7 nitrogen and oxygen atoms in total. The molecule has 2 aromatic rings. The molecule has 1 unspecified atom stereocenters. The summed E-state index contributed by atoms with van der Waals surface area (Å²) in [7, 11) is 0. The van der Waals surface area contributed by atoms with E-state index in [1.165, 1.54) is 23.8 Å². The molecule has 2 aromatic carbocycles. The van der Waals surface area contributed by atoms with Gasteiger partial charge in [-0.25, -0.2) is 4.39 Å². The minimum atomic E-state index is -1.16. The summed E-state index contributed by atoms with van der Waals surface area (Å²) < 4.78 is 14.0. The second-order valence-corrected chi connectivity index (χ2v) is 7.20. The van der Waals surface area contributed by atoms with Crippen molar-refractivity contribution in [1.82, 2.24) is 10.6 Å². The normalized spacial score (nSPS) is 13.3. The first-order valence-corrected chi connectivity index (χ1v) is 9.80. The van der Waals surface area contributed by atoms with Crippen molar-refractivity contribution >= 4 is 35.9 Å². The summed E-state index contributed by atoms with van der Waals surface area (Å²) in [6.07, 6.45) is 0.284. The summed E-state index contributed by atoms with van der Waals surface area (Å²) in [6.45, 7) is 1.69. The minimum Gasteiger partial charge on any atom is -0.481 e. The fourth-order valence-corrected chi connectivity index (χ4v) is 3.45. The Bertz CT molecular complexity index is 954. The molecular formula is C22H25ClFN3O4. The molecule has 1 heterocycles. The molecule has 0 saturated heterocycles. The van der Waals surface area contributed by atoms with Gasteiger partial charge in [0.1, 0.15) is 5.82 Å². The van der Waals surface area contributed by atoms with Crippen molar-refractivity contribution in [2.45, 2.75) is 38.3 Å². The van der Waals surface area contributed by atoms with Crippen LogP contribution in [0.2, 0.25) is 0 Å². The standard InChI is InChI=1S/C22H24FN3O4.ClH/c23-18-4-2-1-3-17(18)19(12-22(29)30)26-21(28)8-7-20(27)25-16-6-5-14-9-10-24-13-15(14)11-16;/h1-6,11,19,24H,7-10,12-13H2,(H,25,27)(H,26,28)(H,29,30);1H. The molecule has 0 aromatic heterocycles. The monoisotopic (exact) mass is 449 g/mol. The molecule has 31 heavy (non-hydrogen) atoms. The molecule has 1 aliphatic rings. The molecule has 166 valence electrons. The topological polar surface area (TPSA) is 108 Å². The summed E-state index contributed by atoms with van der Waals surface area (Å²) in [4.78, 5) is 35.6. The number of halogens is 2. The lowest BCUT2D eigenvalue weighted by Gasteiger charge is -2.19. The number of aliphatic carboxylic acids is 1. The zero-order valence-corrected chi connectivity index (χ0v) is 17.6. The predicted molar refractivity (Wildman–Crippen MR) is 117 cm³/mol. The second kappa shape index (κ2) is 11.4. The summed E-state index contributed by atoms with van der Waals surface area (Å²) in [5, 5.41) is 17.6. The van der Waals surface area contributed by atoms with Crippen molar-refractivity contribution in [1.29, 1.82) is 0 Å². The van der Waals surface area contributed by atoms with Crippen molar-refractivity contribution in [2.75, 3.05) is 11.9 Å². The third-order valence-electron chi connectivity index (χ3n) is 4.95. The lowest BCUT2D eigenvalue weighted by molar-refractivity contribution is -0.138. The van der Waals surface area contributed by atoms with Gasteiger partial charge in [0.05, 0.1) is 12.5 Å². The van der Waals surface area contributed by atoms with E-state index in [4.69, 9.17) is 5.11 Å². The first-order valence-electron chi connectivity index (χ1n) is 9.80. The first kappa shape index (κ1) is 24.3. The van der Waals surface area contributed by atoms with Crippen LogP contribution in [-0.4, -0.2) is 29.4 Å². The van der Waals surface area contributed by atoms with Crippen LogP contribution in [0.5, 0.6) is 0 Å². The van der Waals surface area contributed by atoms with E-state index in [0.717, 1.165) is 25.1 Å². The molecule has 1 atom stereocenters. The van der Waals surface area contributed by atoms with E-state index in [-0.39, 0.29) is 36.7 Å². The molecule has 0 aliphatic carbocycles. The summed E-state index contributed by atoms with van der Waals surface area (Å²) in [5.74, 6) is -2.60. The Kier molecular flexibility index (Phi) is 8.96. The maximum atomic E-state index is 14.0. The minimum absolute atomic E-state index is 0. The van der Waals surface area contributed by atoms with Gasteiger partial charge in [-0.15, -0.1) is 12.4 Å². The average molecular weight is 450 g/mol. The third-order valence-corrected chi connectivity index (χ3v) is 4.95. The summed E-state index contributed by atoms with van der Waals surface area (Å²) in [6, 6.07) is 10.4. The molecule has 0 spiro atoms. The van der Waals surface area contributed by atoms with Gasteiger partial charge in [-0.05, 0) is 42.3 Å². The van der Waals surface area contributed by atoms with Crippen LogP contribution in [0, 0.1) is 5.82 Å². The van der Waals surface area contributed by atoms with Gasteiger partial charge in [-0.1, -0.05) is 24.3 Å². The molecule has 1 aliphatic heterocycles. The number of fused-ring (bicyclic) bond motifs is 1. The van der Waals surface area contributed by atoms with Gasteiger partial charge in [-0.3, -0.25) is 14.4 Å². The third kappa shape index (κ3) is 7.04. The van der Waals surface area contributed by atoms with Crippen molar-refractivity contribution in [3.63, 3.8) is 0 Å². The second-order valence-electron chi connectivity index (χ2n) is 7.20. The number of benzene rings is 2. The van der Waals surface area contributed by atoms with Crippen LogP contribution in [0.4, 0.5) is 10.1 Å². The number of carboxylic acids is 1. The van der Waals surface area contributed by atoms with E-state index in [2.05, 4.69) is 16.0 Å². The first-order chi connectivity index (χ1) is 14.4. The van der Waals surface area contributed by atoms with E-state index in [0.29, 0.717) is 5.69 Å². The van der Waals surface area contributed by atoms with Crippen LogP contribution >= 0.6 is 12.4 Å². The highest BCUT2D eigenvalue weighted by molar-refractivity contribution is 5.93. The van der Waals surface area contributed by atoms with Gasteiger partial charge >= 0.3 is 5.97 Å². The van der Waals surface area contributed by atoms with Crippen LogP contribution in [0.15, 0.2) is 42.5 Å². The molecule has 0 bridgehead atoms. The Balaban J connectivity index is 0.00000341. The van der Waals surface area contributed by atoms with Crippen molar-refractivity contribution < 1.29 is 23.9 Å². The van der Waals surface area contributed by atoms with Crippen LogP contribution in [0.25, 0.3) is 0 Å². The number of amides is 2. The largest absolute Gasteiger partial charge is 0.481 e. The Morgan fingerprint density at radius 3 is 2.55 bits per heavy atom. The predicted octanol–water partition coefficient (Wildman–Crippen LogP) is 2.94. The highest BCUT2D eigenvalue weighted by Crippen LogP contribution is 2.21. The van der Waals surface area contributed by atoms with Crippen LogP contribution in [-0.2, 0) is 27.3 Å². The fourth-order valence-electron chi connectivity index (χ4n) is 3.45. The Hall–Kier alpha value is -2.97. The molecule has 4 N–H and O–H groups in total. The van der Waals surface area contributed by atoms with E-state index < -0.39 is 30.2 Å². The zero-order chi connectivity index (χ0) is 21.5. The highest BCUT2D eigenvalue weighted by atomic mass is 35.5. The van der Waals surface area contributed by atoms with E-state index in [1.807, 2.05) is 18.2 Å². The number of hydrogen-bond acceptors (Lipinski definition) is 4. The highest BCUT2D eigenvalue weighted by Gasteiger charge is 2.21. The summed E-state index contributed by atoms with van der Waals surface area (Å²) in [5.41, 5.74) is 3.15.